The molecular formula is C19H36O2. The zero-order valence-corrected chi connectivity index (χ0v) is 14.6. The van der Waals surface area contributed by atoms with E-state index in [1.54, 1.807) is 6.92 Å². The van der Waals surface area contributed by atoms with Gasteiger partial charge in [0.1, 0.15) is 0 Å². The molecule has 1 unspecified atom stereocenters. The monoisotopic (exact) mass is 296 g/mol. The lowest BCUT2D eigenvalue weighted by Crippen LogP contribution is -2.14. The van der Waals surface area contributed by atoms with Gasteiger partial charge < -0.3 is 4.74 Å². The zero-order chi connectivity index (χ0) is 15.9. The highest BCUT2D eigenvalue weighted by Crippen LogP contribution is 2.18. The van der Waals surface area contributed by atoms with Gasteiger partial charge in [-0.15, -0.1) is 0 Å². The van der Waals surface area contributed by atoms with Gasteiger partial charge in [0.2, 0.25) is 0 Å². The Bertz CT molecular complexity index is 271. The van der Waals surface area contributed by atoms with E-state index in [0.29, 0.717) is 18.1 Å². The highest BCUT2D eigenvalue weighted by atomic mass is 16.5. The molecule has 0 aliphatic carbocycles. The molecule has 0 aliphatic heterocycles. The van der Waals surface area contributed by atoms with Crippen LogP contribution >= 0.6 is 0 Å². The third-order valence-electron chi connectivity index (χ3n) is 3.96. The van der Waals surface area contributed by atoms with Crippen LogP contribution in [0.1, 0.15) is 91.4 Å². The summed E-state index contributed by atoms with van der Waals surface area (Å²) in [6.07, 6.45) is 14.3. The summed E-state index contributed by atoms with van der Waals surface area (Å²) in [5.41, 5.74) is 0.498. The van der Waals surface area contributed by atoms with Crippen molar-refractivity contribution in [3.63, 3.8) is 0 Å². The first-order chi connectivity index (χ1) is 10.1. The standard InChI is InChI=1S/C19H36O2/c1-5-7-8-9-10-11-12-13-15-18(14-6-2)16-21-19(20)17(3)4/h18H,3,5-16H2,1-2,4H3. The van der Waals surface area contributed by atoms with Gasteiger partial charge in [-0.3, -0.25) is 0 Å². The normalized spacial score (nSPS) is 12.1. The molecule has 0 saturated heterocycles. The van der Waals surface area contributed by atoms with Crippen LogP contribution < -0.4 is 0 Å². The van der Waals surface area contributed by atoms with Crippen molar-refractivity contribution in [3.05, 3.63) is 12.2 Å². The molecule has 1 atom stereocenters. The molecule has 0 heterocycles. The third-order valence-corrected chi connectivity index (χ3v) is 3.96. The Kier molecular flexibility index (Phi) is 13.6. The van der Waals surface area contributed by atoms with Gasteiger partial charge in [-0.1, -0.05) is 78.2 Å². The predicted molar refractivity (Wildman–Crippen MR) is 91.4 cm³/mol. The molecule has 0 N–H and O–H groups in total. The van der Waals surface area contributed by atoms with Crippen molar-refractivity contribution in [2.75, 3.05) is 6.61 Å². The van der Waals surface area contributed by atoms with Crippen LogP contribution in [0.2, 0.25) is 0 Å². The molecule has 0 fully saturated rings. The Morgan fingerprint density at radius 1 is 0.905 bits per heavy atom. The van der Waals surface area contributed by atoms with E-state index in [-0.39, 0.29) is 5.97 Å². The van der Waals surface area contributed by atoms with Crippen molar-refractivity contribution < 1.29 is 9.53 Å². The van der Waals surface area contributed by atoms with Crippen LogP contribution in [0.3, 0.4) is 0 Å². The van der Waals surface area contributed by atoms with Crippen LogP contribution in [0.15, 0.2) is 12.2 Å². The number of carbonyl (C=O) groups is 1. The lowest BCUT2D eigenvalue weighted by Gasteiger charge is -2.16. The average molecular weight is 296 g/mol. The second-order valence-electron chi connectivity index (χ2n) is 6.30. The lowest BCUT2D eigenvalue weighted by atomic mass is 9.96. The molecule has 21 heavy (non-hydrogen) atoms. The Hall–Kier alpha value is -0.790. The molecule has 0 rings (SSSR count). The summed E-state index contributed by atoms with van der Waals surface area (Å²) < 4.78 is 5.30. The van der Waals surface area contributed by atoms with Gasteiger partial charge in [-0.05, 0) is 25.7 Å². The number of unbranched alkanes of at least 4 members (excludes halogenated alkanes) is 7. The third kappa shape index (κ3) is 12.6. The molecule has 0 amide bonds. The van der Waals surface area contributed by atoms with Crippen molar-refractivity contribution in [1.82, 2.24) is 0 Å². The molecule has 0 aromatic rings. The maximum Gasteiger partial charge on any atom is 0.333 e. The molecule has 2 nitrogen and oxygen atoms in total. The van der Waals surface area contributed by atoms with E-state index in [9.17, 15) is 4.79 Å². The quantitative estimate of drug-likeness (QED) is 0.221. The highest BCUT2D eigenvalue weighted by molar-refractivity contribution is 5.86. The minimum atomic E-state index is -0.243. The first-order valence-corrected chi connectivity index (χ1v) is 8.94. The molecule has 0 spiro atoms. The topological polar surface area (TPSA) is 26.3 Å². The number of ether oxygens (including phenoxy) is 1. The van der Waals surface area contributed by atoms with Gasteiger partial charge in [0, 0.05) is 5.57 Å². The van der Waals surface area contributed by atoms with Crippen LogP contribution in [0, 0.1) is 5.92 Å². The molecule has 124 valence electrons. The van der Waals surface area contributed by atoms with Gasteiger partial charge in [0.15, 0.2) is 0 Å². The molecule has 0 radical (unpaired) electrons. The Morgan fingerprint density at radius 2 is 1.48 bits per heavy atom. The molecule has 0 bridgehead atoms. The zero-order valence-electron chi connectivity index (χ0n) is 14.6. The fraction of sp³-hybridized carbons (Fsp3) is 0.842. The summed E-state index contributed by atoms with van der Waals surface area (Å²) in [6.45, 7) is 10.3. The molecule has 0 aromatic heterocycles. The van der Waals surface area contributed by atoms with Gasteiger partial charge in [0.05, 0.1) is 6.61 Å². The smallest absolute Gasteiger partial charge is 0.333 e. The molecular weight excluding hydrogens is 260 g/mol. The summed E-state index contributed by atoms with van der Waals surface area (Å²) in [5, 5.41) is 0. The molecule has 0 aromatic carbocycles. The SMILES string of the molecule is C=C(C)C(=O)OCC(CCC)CCCCCCCCCC. The number of esters is 1. The minimum Gasteiger partial charge on any atom is -0.462 e. The predicted octanol–water partition coefficient (Wildman–Crippen LogP) is 6.05. The molecule has 2 heteroatoms. The maximum absolute atomic E-state index is 11.4. The van der Waals surface area contributed by atoms with Crippen LogP contribution in [0.5, 0.6) is 0 Å². The van der Waals surface area contributed by atoms with Gasteiger partial charge in [-0.2, -0.15) is 0 Å². The summed E-state index contributed by atoms with van der Waals surface area (Å²) in [5.74, 6) is 0.283. The number of rotatable bonds is 14. The first kappa shape index (κ1) is 20.2. The lowest BCUT2D eigenvalue weighted by molar-refractivity contribution is -0.140. The molecule has 0 aliphatic rings. The molecule has 0 saturated carbocycles. The number of hydrogen-bond donors (Lipinski definition) is 0. The Balaban J connectivity index is 3.64. The van der Waals surface area contributed by atoms with E-state index in [4.69, 9.17) is 4.74 Å². The van der Waals surface area contributed by atoms with E-state index in [2.05, 4.69) is 20.4 Å². The Labute approximate surface area is 132 Å². The van der Waals surface area contributed by atoms with Crippen LogP contribution in [-0.2, 0) is 9.53 Å². The van der Waals surface area contributed by atoms with Crippen molar-refractivity contribution >= 4 is 5.97 Å². The number of hydrogen-bond acceptors (Lipinski definition) is 2. The van der Waals surface area contributed by atoms with Crippen LogP contribution in [0.25, 0.3) is 0 Å². The van der Waals surface area contributed by atoms with E-state index >= 15 is 0 Å². The van der Waals surface area contributed by atoms with E-state index in [1.807, 2.05) is 0 Å². The fourth-order valence-corrected chi connectivity index (χ4v) is 2.60. The Morgan fingerprint density at radius 3 is 2.00 bits per heavy atom. The van der Waals surface area contributed by atoms with E-state index in [0.717, 1.165) is 12.8 Å². The largest absolute Gasteiger partial charge is 0.462 e. The first-order valence-electron chi connectivity index (χ1n) is 8.94. The minimum absolute atomic E-state index is 0.243. The summed E-state index contributed by atoms with van der Waals surface area (Å²) >= 11 is 0. The second-order valence-corrected chi connectivity index (χ2v) is 6.30. The van der Waals surface area contributed by atoms with Crippen LogP contribution in [-0.4, -0.2) is 12.6 Å². The van der Waals surface area contributed by atoms with Crippen molar-refractivity contribution in [1.29, 1.82) is 0 Å². The summed E-state index contributed by atoms with van der Waals surface area (Å²) in [4.78, 5) is 11.4. The van der Waals surface area contributed by atoms with E-state index in [1.165, 1.54) is 57.8 Å². The van der Waals surface area contributed by atoms with Gasteiger partial charge in [-0.25, -0.2) is 4.79 Å². The second kappa shape index (κ2) is 14.2. The summed E-state index contributed by atoms with van der Waals surface area (Å²) in [6, 6.07) is 0. The van der Waals surface area contributed by atoms with Crippen molar-refractivity contribution in [2.24, 2.45) is 5.92 Å². The maximum atomic E-state index is 11.4. The van der Waals surface area contributed by atoms with E-state index < -0.39 is 0 Å². The average Bonchev–Trinajstić information content (AvgIpc) is 2.46. The highest BCUT2D eigenvalue weighted by Gasteiger charge is 2.11. The van der Waals surface area contributed by atoms with Gasteiger partial charge >= 0.3 is 5.97 Å². The van der Waals surface area contributed by atoms with Gasteiger partial charge in [0.25, 0.3) is 0 Å². The van der Waals surface area contributed by atoms with Crippen molar-refractivity contribution in [3.8, 4) is 0 Å². The summed E-state index contributed by atoms with van der Waals surface area (Å²) in [7, 11) is 0. The van der Waals surface area contributed by atoms with Crippen molar-refractivity contribution in [2.45, 2.75) is 91.4 Å². The fourth-order valence-electron chi connectivity index (χ4n) is 2.60. The number of carbonyl (C=O) groups excluding carboxylic acids is 1. The van der Waals surface area contributed by atoms with Crippen LogP contribution in [0.4, 0.5) is 0 Å².